The molecule has 1 atom stereocenters. The molecule has 2 fully saturated rings. The van der Waals surface area contributed by atoms with Gasteiger partial charge in [-0.15, -0.1) is 0 Å². The van der Waals surface area contributed by atoms with Crippen molar-refractivity contribution >= 4 is 0 Å². The van der Waals surface area contributed by atoms with Crippen LogP contribution in [-0.2, 0) is 0 Å². The Labute approximate surface area is 114 Å². The van der Waals surface area contributed by atoms with Gasteiger partial charge in [-0.1, -0.05) is 0 Å². The Morgan fingerprint density at radius 2 is 1.56 bits per heavy atom. The fourth-order valence-electron chi connectivity index (χ4n) is 3.80. The standard InChI is InChI=1S/C16H32N2/c1-14(2)17-10-6-8-16(12-17)9-7-11-18(13-16)15(3,4)5/h14H,6-13H2,1-5H3. The molecule has 0 aliphatic carbocycles. The van der Waals surface area contributed by atoms with Crippen molar-refractivity contribution in [3.05, 3.63) is 0 Å². The summed E-state index contributed by atoms with van der Waals surface area (Å²) in [6.45, 7) is 17.1. The summed E-state index contributed by atoms with van der Waals surface area (Å²) in [5, 5.41) is 0. The Hall–Kier alpha value is -0.0800. The van der Waals surface area contributed by atoms with Crippen LogP contribution in [0.25, 0.3) is 0 Å². The number of rotatable bonds is 1. The highest BCUT2D eigenvalue weighted by atomic mass is 15.2. The number of hydrogen-bond acceptors (Lipinski definition) is 2. The van der Waals surface area contributed by atoms with E-state index in [1.54, 1.807) is 0 Å². The SMILES string of the molecule is CC(C)N1CCCC2(CCCN(C(C)(C)C)C2)C1. The van der Waals surface area contributed by atoms with E-state index in [0.717, 1.165) is 0 Å². The van der Waals surface area contributed by atoms with Gasteiger partial charge >= 0.3 is 0 Å². The summed E-state index contributed by atoms with van der Waals surface area (Å²) in [6, 6.07) is 0.715. The first kappa shape index (κ1) is 14.3. The predicted octanol–water partition coefficient (Wildman–Crippen LogP) is 3.37. The van der Waals surface area contributed by atoms with E-state index in [0.29, 0.717) is 17.0 Å². The van der Waals surface area contributed by atoms with E-state index in [-0.39, 0.29) is 0 Å². The Balaban J connectivity index is 2.06. The van der Waals surface area contributed by atoms with Crippen molar-refractivity contribution in [2.24, 2.45) is 5.41 Å². The minimum Gasteiger partial charge on any atom is -0.300 e. The molecule has 2 saturated heterocycles. The van der Waals surface area contributed by atoms with Crippen molar-refractivity contribution in [3.63, 3.8) is 0 Å². The molecule has 0 aromatic heterocycles. The molecule has 0 N–H and O–H groups in total. The first-order valence-electron chi connectivity index (χ1n) is 7.82. The molecule has 2 rings (SSSR count). The zero-order chi connectivity index (χ0) is 13.4. The van der Waals surface area contributed by atoms with E-state index in [9.17, 15) is 0 Å². The molecule has 2 heterocycles. The molecule has 2 nitrogen and oxygen atoms in total. The average Bonchev–Trinajstić information content (AvgIpc) is 2.28. The van der Waals surface area contributed by atoms with Crippen molar-refractivity contribution in [3.8, 4) is 0 Å². The van der Waals surface area contributed by atoms with Crippen molar-refractivity contribution in [2.45, 2.75) is 71.9 Å². The van der Waals surface area contributed by atoms with Gasteiger partial charge in [-0.25, -0.2) is 0 Å². The van der Waals surface area contributed by atoms with Gasteiger partial charge in [-0.05, 0) is 78.8 Å². The lowest BCUT2D eigenvalue weighted by atomic mass is 9.72. The van der Waals surface area contributed by atoms with Crippen LogP contribution in [0.5, 0.6) is 0 Å². The van der Waals surface area contributed by atoms with Crippen LogP contribution in [0, 0.1) is 5.41 Å². The quantitative estimate of drug-likeness (QED) is 0.706. The fourth-order valence-corrected chi connectivity index (χ4v) is 3.80. The lowest BCUT2D eigenvalue weighted by molar-refractivity contribution is -0.0273. The molecule has 0 radical (unpaired) electrons. The lowest BCUT2D eigenvalue weighted by Crippen LogP contribution is -2.57. The minimum atomic E-state index is 0.341. The van der Waals surface area contributed by atoms with Crippen LogP contribution < -0.4 is 0 Å². The highest BCUT2D eigenvalue weighted by molar-refractivity contribution is 4.95. The van der Waals surface area contributed by atoms with Gasteiger partial charge in [0.1, 0.15) is 0 Å². The van der Waals surface area contributed by atoms with E-state index < -0.39 is 0 Å². The third-order valence-corrected chi connectivity index (χ3v) is 5.03. The summed E-state index contributed by atoms with van der Waals surface area (Å²) < 4.78 is 0. The van der Waals surface area contributed by atoms with Crippen LogP contribution in [0.15, 0.2) is 0 Å². The van der Waals surface area contributed by atoms with Crippen LogP contribution in [0.2, 0.25) is 0 Å². The van der Waals surface area contributed by atoms with E-state index in [4.69, 9.17) is 0 Å². The molecule has 18 heavy (non-hydrogen) atoms. The molecule has 0 saturated carbocycles. The summed E-state index contributed by atoms with van der Waals surface area (Å²) in [5.41, 5.74) is 0.932. The van der Waals surface area contributed by atoms with Crippen LogP contribution in [0.3, 0.4) is 0 Å². The Morgan fingerprint density at radius 1 is 0.944 bits per heavy atom. The first-order valence-corrected chi connectivity index (χ1v) is 7.82. The zero-order valence-electron chi connectivity index (χ0n) is 13.1. The normalized spacial score (nSPS) is 32.3. The number of likely N-dealkylation sites (tertiary alicyclic amines) is 2. The monoisotopic (exact) mass is 252 g/mol. The summed E-state index contributed by atoms with van der Waals surface area (Å²) in [4.78, 5) is 5.43. The predicted molar refractivity (Wildman–Crippen MR) is 78.9 cm³/mol. The molecule has 0 aromatic carbocycles. The maximum absolute atomic E-state index is 2.72. The van der Waals surface area contributed by atoms with Crippen molar-refractivity contribution in [1.29, 1.82) is 0 Å². The van der Waals surface area contributed by atoms with E-state index in [1.807, 2.05) is 0 Å². The molecular formula is C16H32N2. The molecule has 2 heteroatoms. The Bertz CT molecular complexity index is 275. The van der Waals surface area contributed by atoms with Gasteiger partial charge in [0.25, 0.3) is 0 Å². The van der Waals surface area contributed by atoms with Crippen LogP contribution in [0.1, 0.15) is 60.3 Å². The van der Waals surface area contributed by atoms with Crippen LogP contribution in [-0.4, -0.2) is 47.6 Å². The summed E-state index contributed by atoms with van der Waals surface area (Å²) in [5.74, 6) is 0. The van der Waals surface area contributed by atoms with Crippen LogP contribution >= 0.6 is 0 Å². The number of hydrogen-bond donors (Lipinski definition) is 0. The summed E-state index contributed by atoms with van der Waals surface area (Å²) in [7, 11) is 0. The van der Waals surface area contributed by atoms with Crippen molar-refractivity contribution in [2.75, 3.05) is 26.2 Å². The van der Waals surface area contributed by atoms with Gasteiger partial charge in [0.15, 0.2) is 0 Å². The van der Waals surface area contributed by atoms with Crippen molar-refractivity contribution < 1.29 is 0 Å². The van der Waals surface area contributed by atoms with Gasteiger partial charge in [-0.2, -0.15) is 0 Å². The molecule has 0 bridgehead atoms. The molecule has 1 unspecified atom stereocenters. The van der Waals surface area contributed by atoms with E-state index in [1.165, 1.54) is 51.9 Å². The van der Waals surface area contributed by atoms with Gasteiger partial charge in [-0.3, -0.25) is 4.90 Å². The Morgan fingerprint density at radius 3 is 2.11 bits per heavy atom. The largest absolute Gasteiger partial charge is 0.300 e. The molecule has 2 aliphatic heterocycles. The lowest BCUT2D eigenvalue weighted by Gasteiger charge is -2.52. The molecule has 0 amide bonds. The van der Waals surface area contributed by atoms with E-state index >= 15 is 0 Å². The molecule has 1 spiro atoms. The topological polar surface area (TPSA) is 6.48 Å². The third kappa shape index (κ3) is 3.08. The summed E-state index contributed by atoms with van der Waals surface area (Å²) in [6.07, 6.45) is 5.69. The highest BCUT2D eigenvalue weighted by Gasteiger charge is 2.41. The second kappa shape index (κ2) is 5.13. The van der Waals surface area contributed by atoms with E-state index in [2.05, 4.69) is 44.4 Å². The zero-order valence-corrected chi connectivity index (χ0v) is 13.1. The number of piperidine rings is 2. The van der Waals surface area contributed by atoms with Gasteiger partial charge < -0.3 is 4.90 Å². The smallest absolute Gasteiger partial charge is 0.0125 e. The third-order valence-electron chi connectivity index (χ3n) is 5.03. The molecule has 106 valence electrons. The second-order valence-electron chi connectivity index (χ2n) is 7.86. The average molecular weight is 252 g/mol. The minimum absolute atomic E-state index is 0.341. The van der Waals surface area contributed by atoms with Gasteiger partial charge in [0, 0.05) is 24.7 Å². The van der Waals surface area contributed by atoms with Crippen LogP contribution in [0.4, 0.5) is 0 Å². The molecule has 0 aromatic rings. The van der Waals surface area contributed by atoms with Gasteiger partial charge in [0.2, 0.25) is 0 Å². The molecular weight excluding hydrogens is 220 g/mol. The maximum Gasteiger partial charge on any atom is 0.0125 e. The van der Waals surface area contributed by atoms with Crippen molar-refractivity contribution in [1.82, 2.24) is 9.80 Å². The Kier molecular flexibility index (Phi) is 4.08. The number of nitrogens with zero attached hydrogens (tertiary/aromatic N) is 2. The first-order chi connectivity index (χ1) is 8.32. The highest BCUT2D eigenvalue weighted by Crippen LogP contribution is 2.40. The summed E-state index contributed by atoms with van der Waals surface area (Å²) >= 11 is 0. The van der Waals surface area contributed by atoms with Gasteiger partial charge in [0.05, 0.1) is 0 Å². The molecule has 2 aliphatic rings. The second-order valence-corrected chi connectivity index (χ2v) is 7.86. The fraction of sp³-hybridized carbons (Fsp3) is 1.00. The maximum atomic E-state index is 2.72.